The van der Waals surface area contributed by atoms with Crippen LogP contribution in [0.3, 0.4) is 0 Å². The van der Waals surface area contributed by atoms with E-state index in [2.05, 4.69) is 19.2 Å². The molecule has 2 amide bonds. The van der Waals surface area contributed by atoms with Gasteiger partial charge in [-0.2, -0.15) is 0 Å². The van der Waals surface area contributed by atoms with Crippen molar-refractivity contribution < 1.29 is 9.59 Å². The molecule has 0 aromatic carbocycles. The van der Waals surface area contributed by atoms with E-state index in [9.17, 15) is 9.59 Å². The highest BCUT2D eigenvalue weighted by atomic mass is 32.1. The lowest BCUT2D eigenvalue weighted by Gasteiger charge is -2.40. The van der Waals surface area contributed by atoms with E-state index in [1.54, 1.807) is 16.2 Å². The zero-order chi connectivity index (χ0) is 15.6. The van der Waals surface area contributed by atoms with E-state index in [1.165, 1.54) is 0 Å². The molecule has 1 aromatic rings. The standard InChI is InChI=1S/C16H24N2O2S/c1-10(2)8-13-15(19)17-14(11(3)4)16(20)18(13)9-12-6-5-7-21-12/h5-7,10-11,13-14H,8-9H2,1-4H3,(H,17,19). The first kappa shape index (κ1) is 16.0. The molecule has 1 fully saturated rings. The van der Waals surface area contributed by atoms with Gasteiger partial charge in [-0.15, -0.1) is 11.3 Å². The number of rotatable bonds is 5. The topological polar surface area (TPSA) is 49.4 Å². The summed E-state index contributed by atoms with van der Waals surface area (Å²) in [6.45, 7) is 8.62. The van der Waals surface area contributed by atoms with Gasteiger partial charge in [0.15, 0.2) is 0 Å². The fourth-order valence-electron chi connectivity index (χ4n) is 2.68. The van der Waals surface area contributed by atoms with Crippen molar-refractivity contribution in [1.82, 2.24) is 10.2 Å². The van der Waals surface area contributed by atoms with Crippen LogP contribution in [0.5, 0.6) is 0 Å². The maximum absolute atomic E-state index is 12.7. The van der Waals surface area contributed by atoms with Gasteiger partial charge >= 0.3 is 0 Å². The van der Waals surface area contributed by atoms with Gasteiger partial charge in [-0.05, 0) is 29.7 Å². The predicted octanol–water partition coefficient (Wildman–Crippen LogP) is 2.65. The third-order valence-corrected chi connectivity index (χ3v) is 4.65. The molecule has 21 heavy (non-hydrogen) atoms. The van der Waals surface area contributed by atoms with Crippen molar-refractivity contribution in [3.05, 3.63) is 22.4 Å². The number of amides is 2. The summed E-state index contributed by atoms with van der Waals surface area (Å²) in [7, 11) is 0. The van der Waals surface area contributed by atoms with Gasteiger partial charge in [-0.3, -0.25) is 9.59 Å². The molecule has 1 aromatic heterocycles. The molecule has 0 radical (unpaired) electrons. The SMILES string of the molecule is CC(C)CC1C(=O)NC(C(C)C)C(=O)N1Cc1cccs1. The molecule has 116 valence electrons. The van der Waals surface area contributed by atoms with Gasteiger partial charge in [0.1, 0.15) is 12.1 Å². The van der Waals surface area contributed by atoms with Crippen LogP contribution in [0, 0.1) is 11.8 Å². The maximum atomic E-state index is 12.7. The van der Waals surface area contributed by atoms with Crippen LogP contribution in [-0.2, 0) is 16.1 Å². The van der Waals surface area contributed by atoms with Gasteiger partial charge < -0.3 is 10.2 Å². The monoisotopic (exact) mass is 308 g/mol. The van der Waals surface area contributed by atoms with Gasteiger partial charge in [0.05, 0.1) is 6.54 Å². The largest absolute Gasteiger partial charge is 0.342 e. The maximum Gasteiger partial charge on any atom is 0.246 e. The van der Waals surface area contributed by atoms with Crippen molar-refractivity contribution in [3.8, 4) is 0 Å². The van der Waals surface area contributed by atoms with Crippen molar-refractivity contribution in [1.29, 1.82) is 0 Å². The Bertz CT molecular complexity index is 496. The molecule has 0 bridgehead atoms. The highest BCUT2D eigenvalue weighted by Crippen LogP contribution is 2.24. The molecule has 0 aliphatic carbocycles. The van der Waals surface area contributed by atoms with Crippen LogP contribution in [0.1, 0.15) is 39.0 Å². The van der Waals surface area contributed by atoms with Gasteiger partial charge in [-0.25, -0.2) is 0 Å². The molecule has 2 atom stereocenters. The molecular weight excluding hydrogens is 284 g/mol. The fourth-order valence-corrected chi connectivity index (χ4v) is 3.38. The Morgan fingerprint density at radius 2 is 2.00 bits per heavy atom. The molecule has 1 N–H and O–H groups in total. The number of piperazine rings is 1. The average molecular weight is 308 g/mol. The Kier molecular flexibility index (Phi) is 5.04. The molecule has 5 heteroatoms. The predicted molar refractivity (Wildman–Crippen MR) is 84.9 cm³/mol. The van der Waals surface area contributed by atoms with Crippen LogP contribution in [-0.4, -0.2) is 28.8 Å². The summed E-state index contributed by atoms with van der Waals surface area (Å²) < 4.78 is 0. The van der Waals surface area contributed by atoms with Crippen molar-refractivity contribution in [2.75, 3.05) is 0 Å². The number of carbonyl (C=O) groups is 2. The fraction of sp³-hybridized carbons (Fsp3) is 0.625. The number of nitrogens with one attached hydrogen (secondary N) is 1. The third kappa shape index (κ3) is 3.64. The second-order valence-corrected chi connectivity index (χ2v) is 7.45. The number of hydrogen-bond acceptors (Lipinski definition) is 3. The van der Waals surface area contributed by atoms with Crippen LogP contribution >= 0.6 is 11.3 Å². The van der Waals surface area contributed by atoms with Crippen molar-refractivity contribution >= 4 is 23.2 Å². The van der Waals surface area contributed by atoms with E-state index < -0.39 is 6.04 Å². The minimum Gasteiger partial charge on any atom is -0.342 e. The Morgan fingerprint density at radius 1 is 1.29 bits per heavy atom. The Hall–Kier alpha value is -1.36. The van der Waals surface area contributed by atoms with Crippen LogP contribution in [0.25, 0.3) is 0 Å². The molecule has 4 nitrogen and oxygen atoms in total. The van der Waals surface area contributed by atoms with E-state index >= 15 is 0 Å². The van der Waals surface area contributed by atoms with Crippen LogP contribution in [0.4, 0.5) is 0 Å². The molecule has 2 heterocycles. The first-order chi connectivity index (χ1) is 9.90. The smallest absolute Gasteiger partial charge is 0.246 e. The highest BCUT2D eigenvalue weighted by Gasteiger charge is 2.41. The van der Waals surface area contributed by atoms with Crippen molar-refractivity contribution in [2.45, 2.75) is 52.7 Å². The molecule has 1 aliphatic rings. The van der Waals surface area contributed by atoms with Gasteiger partial charge in [0, 0.05) is 4.88 Å². The van der Waals surface area contributed by atoms with Gasteiger partial charge in [-0.1, -0.05) is 33.8 Å². The molecule has 1 saturated heterocycles. The second kappa shape index (κ2) is 6.60. The van der Waals surface area contributed by atoms with Crippen LogP contribution in [0.15, 0.2) is 17.5 Å². The summed E-state index contributed by atoms with van der Waals surface area (Å²) in [4.78, 5) is 28.1. The Labute approximate surface area is 130 Å². The van der Waals surface area contributed by atoms with E-state index in [1.807, 2.05) is 31.4 Å². The highest BCUT2D eigenvalue weighted by molar-refractivity contribution is 7.09. The molecular formula is C16H24N2O2S. The lowest BCUT2D eigenvalue weighted by molar-refractivity contribution is -0.152. The number of carbonyl (C=O) groups excluding carboxylic acids is 2. The minimum absolute atomic E-state index is 0.0152. The quantitative estimate of drug-likeness (QED) is 0.909. The van der Waals surface area contributed by atoms with Gasteiger partial charge in [0.2, 0.25) is 11.8 Å². The normalized spacial score (nSPS) is 23.0. The molecule has 0 spiro atoms. The average Bonchev–Trinajstić information content (AvgIpc) is 2.89. The summed E-state index contributed by atoms with van der Waals surface area (Å²) in [5.41, 5.74) is 0. The van der Waals surface area contributed by atoms with E-state index in [4.69, 9.17) is 0 Å². The summed E-state index contributed by atoms with van der Waals surface area (Å²) in [5, 5.41) is 4.91. The van der Waals surface area contributed by atoms with Gasteiger partial charge in [0.25, 0.3) is 0 Å². The number of thiophene rings is 1. The lowest BCUT2D eigenvalue weighted by Crippen LogP contribution is -2.64. The van der Waals surface area contributed by atoms with E-state index in [-0.39, 0.29) is 23.8 Å². The first-order valence-electron chi connectivity index (χ1n) is 7.53. The zero-order valence-electron chi connectivity index (χ0n) is 13.1. The summed E-state index contributed by atoms with van der Waals surface area (Å²) in [6.07, 6.45) is 0.702. The Balaban J connectivity index is 2.25. The van der Waals surface area contributed by atoms with Crippen LogP contribution in [0.2, 0.25) is 0 Å². The summed E-state index contributed by atoms with van der Waals surface area (Å²) in [5.74, 6) is 0.504. The second-order valence-electron chi connectivity index (χ2n) is 6.42. The molecule has 2 unspecified atom stereocenters. The molecule has 1 aliphatic heterocycles. The lowest BCUT2D eigenvalue weighted by atomic mass is 9.93. The number of nitrogens with zero attached hydrogens (tertiary/aromatic N) is 1. The summed E-state index contributed by atoms with van der Waals surface area (Å²) >= 11 is 1.62. The molecule has 2 rings (SSSR count). The third-order valence-electron chi connectivity index (χ3n) is 3.79. The zero-order valence-corrected chi connectivity index (χ0v) is 13.9. The van der Waals surface area contributed by atoms with Crippen LogP contribution < -0.4 is 5.32 Å². The minimum atomic E-state index is -0.402. The van der Waals surface area contributed by atoms with E-state index in [0.717, 1.165) is 4.88 Å². The van der Waals surface area contributed by atoms with E-state index in [0.29, 0.717) is 18.9 Å². The van der Waals surface area contributed by atoms with Crippen molar-refractivity contribution in [3.63, 3.8) is 0 Å². The molecule has 0 saturated carbocycles. The summed E-state index contributed by atoms with van der Waals surface area (Å²) in [6, 6.07) is 3.24. The Morgan fingerprint density at radius 3 is 2.52 bits per heavy atom. The number of hydrogen-bond donors (Lipinski definition) is 1. The van der Waals surface area contributed by atoms with Crippen molar-refractivity contribution in [2.24, 2.45) is 11.8 Å². The first-order valence-corrected chi connectivity index (χ1v) is 8.41.